The minimum atomic E-state index is -0.0350. The monoisotopic (exact) mass is 468 g/mol. The average Bonchev–Trinajstić information content (AvgIpc) is 3.41. The van der Waals surface area contributed by atoms with Crippen molar-refractivity contribution in [2.45, 2.75) is 37.4 Å². The van der Waals surface area contributed by atoms with E-state index in [2.05, 4.69) is 35.4 Å². The second-order valence-corrected chi connectivity index (χ2v) is 10.4. The lowest BCUT2D eigenvalue weighted by atomic mass is 10.0. The molecule has 4 aromatic rings. The summed E-state index contributed by atoms with van der Waals surface area (Å²) in [6.45, 7) is 4.24. The summed E-state index contributed by atoms with van der Waals surface area (Å²) >= 11 is 5.06. The van der Waals surface area contributed by atoms with Gasteiger partial charge in [0.2, 0.25) is 5.91 Å². The highest BCUT2D eigenvalue weighted by Crippen LogP contribution is 2.45. The number of nitrogens with two attached hydrogens (primary N) is 1. The highest BCUT2D eigenvalue weighted by molar-refractivity contribution is 8.01. The van der Waals surface area contributed by atoms with Gasteiger partial charge in [0.25, 0.3) is 0 Å². The highest BCUT2D eigenvalue weighted by Gasteiger charge is 2.18. The number of carbonyl (C=O) groups is 1. The summed E-state index contributed by atoms with van der Waals surface area (Å²) in [5, 5.41) is 6.72. The molecule has 0 spiro atoms. The highest BCUT2D eigenvalue weighted by atomic mass is 32.2. The van der Waals surface area contributed by atoms with Crippen LogP contribution in [0.5, 0.6) is 0 Å². The number of anilines is 1. The third-order valence-corrected chi connectivity index (χ3v) is 8.12. The SMILES string of the molecule is CCCCSc1sc2nc(-c3nccs3)cc(-c3ccc(CNC(C)=O)cc3)c2c1N. The number of thiazole rings is 1. The Balaban J connectivity index is 1.78. The van der Waals surface area contributed by atoms with Crippen molar-refractivity contribution in [1.29, 1.82) is 0 Å². The number of benzene rings is 1. The number of nitrogens with zero attached hydrogens (tertiary/aromatic N) is 2. The molecule has 0 bridgehead atoms. The number of hydrogen-bond acceptors (Lipinski definition) is 7. The lowest BCUT2D eigenvalue weighted by Crippen LogP contribution is -2.18. The number of amides is 1. The first-order chi connectivity index (χ1) is 15.1. The van der Waals surface area contributed by atoms with Gasteiger partial charge in [-0.3, -0.25) is 4.79 Å². The third-order valence-electron chi connectivity index (χ3n) is 4.85. The van der Waals surface area contributed by atoms with Gasteiger partial charge in [-0.15, -0.1) is 34.4 Å². The van der Waals surface area contributed by atoms with E-state index in [0.29, 0.717) is 6.54 Å². The number of rotatable bonds is 8. The lowest BCUT2D eigenvalue weighted by Gasteiger charge is -2.09. The quantitative estimate of drug-likeness (QED) is 0.238. The molecule has 0 aliphatic carbocycles. The number of unbranched alkanes of at least 4 members (excludes halogenated alkanes) is 1. The molecule has 160 valence electrons. The molecule has 0 aliphatic heterocycles. The number of nitrogens with one attached hydrogen (secondary N) is 1. The smallest absolute Gasteiger partial charge is 0.217 e. The van der Waals surface area contributed by atoms with Gasteiger partial charge in [-0.05, 0) is 34.9 Å². The van der Waals surface area contributed by atoms with Gasteiger partial charge in [0.1, 0.15) is 15.5 Å². The molecule has 0 fully saturated rings. The lowest BCUT2D eigenvalue weighted by molar-refractivity contribution is -0.119. The van der Waals surface area contributed by atoms with Gasteiger partial charge in [-0.2, -0.15) is 0 Å². The zero-order valence-electron chi connectivity index (χ0n) is 17.5. The molecule has 31 heavy (non-hydrogen) atoms. The maximum Gasteiger partial charge on any atom is 0.217 e. The molecule has 0 unspecified atom stereocenters. The number of fused-ring (bicyclic) bond motifs is 1. The second kappa shape index (κ2) is 9.80. The van der Waals surface area contributed by atoms with E-state index in [1.165, 1.54) is 19.8 Å². The van der Waals surface area contributed by atoms with E-state index in [4.69, 9.17) is 10.7 Å². The molecular formula is C23H24N4OS3. The van der Waals surface area contributed by atoms with Gasteiger partial charge in [0.05, 0.1) is 9.90 Å². The van der Waals surface area contributed by atoms with Crippen LogP contribution in [0, 0.1) is 0 Å². The molecule has 5 nitrogen and oxygen atoms in total. The van der Waals surface area contributed by atoms with Crippen molar-refractivity contribution in [3.05, 3.63) is 47.5 Å². The Morgan fingerprint density at radius 3 is 2.74 bits per heavy atom. The van der Waals surface area contributed by atoms with Crippen molar-refractivity contribution in [1.82, 2.24) is 15.3 Å². The largest absolute Gasteiger partial charge is 0.397 e. The molecule has 0 saturated carbocycles. The number of nitrogen functional groups attached to an aromatic ring is 1. The van der Waals surface area contributed by atoms with Crippen molar-refractivity contribution in [3.63, 3.8) is 0 Å². The van der Waals surface area contributed by atoms with Crippen molar-refractivity contribution >= 4 is 56.2 Å². The average molecular weight is 469 g/mol. The van der Waals surface area contributed by atoms with Crippen molar-refractivity contribution in [3.8, 4) is 21.8 Å². The first kappa shape index (κ1) is 21.8. The molecule has 3 N–H and O–H groups in total. The predicted octanol–water partition coefficient (Wildman–Crippen LogP) is 6.20. The van der Waals surface area contributed by atoms with Crippen LogP contribution in [0.25, 0.3) is 32.0 Å². The zero-order chi connectivity index (χ0) is 21.8. The van der Waals surface area contributed by atoms with Gasteiger partial charge in [0, 0.05) is 30.4 Å². The third kappa shape index (κ3) is 4.92. The molecule has 0 aliphatic rings. The van der Waals surface area contributed by atoms with Crippen LogP contribution in [-0.4, -0.2) is 21.6 Å². The van der Waals surface area contributed by atoms with E-state index < -0.39 is 0 Å². The molecule has 4 rings (SSSR count). The fourth-order valence-electron chi connectivity index (χ4n) is 3.23. The number of aromatic nitrogens is 2. The first-order valence-electron chi connectivity index (χ1n) is 10.2. The van der Waals surface area contributed by atoms with Crippen LogP contribution in [0.2, 0.25) is 0 Å². The van der Waals surface area contributed by atoms with Gasteiger partial charge in [-0.25, -0.2) is 9.97 Å². The van der Waals surface area contributed by atoms with E-state index in [1.807, 2.05) is 29.3 Å². The van der Waals surface area contributed by atoms with Crippen LogP contribution < -0.4 is 11.1 Å². The standard InChI is InChI=1S/C23H24N4OS3/c1-3-4-10-30-23-20(24)19-17(16-7-5-15(6-8-16)13-26-14(2)28)12-18(27-22(19)31-23)21-25-9-11-29-21/h5-9,11-12H,3-4,10,13,24H2,1-2H3,(H,26,28). The second-order valence-electron chi connectivity index (χ2n) is 7.18. The van der Waals surface area contributed by atoms with E-state index in [-0.39, 0.29) is 5.91 Å². The van der Waals surface area contributed by atoms with Crippen LogP contribution >= 0.6 is 34.4 Å². The molecule has 0 saturated heterocycles. The summed E-state index contributed by atoms with van der Waals surface area (Å²) in [6.07, 6.45) is 4.14. The van der Waals surface area contributed by atoms with E-state index in [0.717, 1.165) is 53.3 Å². The molecule has 1 aromatic carbocycles. The number of thioether (sulfide) groups is 1. The number of pyridine rings is 1. The van der Waals surface area contributed by atoms with Crippen LogP contribution in [0.3, 0.4) is 0 Å². The molecule has 0 radical (unpaired) electrons. The van der Waals surface area contributed by atoms with Gasteiger partial charge >= 0.3 is 0 Å². The predicted molar refractivity (Wildman–Crippen MR) is 134 cm³/mol. The molecule has 3 aromatic heterocycles. The summed E-state index contributed by atoms with van der Waals surface area (Å²) in [4.78, 5) is 21.5. The maximum absolute atomic E-state index is 11.2. The summed E-state index contributed by atoms with van der Waals surface area (Å²) in [5.41, 5.74) is 11.5. The normalized spacial score (nSPS) is 11.2. The minimum absolute atomic E-state index is 0.0350. The van der Waals surface area contributed by atoms with Crippen LogP contribution in [0.4, 0.5) is 5.69 Å². The Morgan fingerprint density at radius 2 is 2.06 bits per heavy atom. The van der Waals surface area contributed by atoms with Crippen LogP contribution in [0.1, 0.15) is 32.3 Å². The minimum Gasteiger partial charge on any atom is -0.397 e. The summed E-state index contributed by atoms with van der Waals surface area (Å²) < 4.78 is 1.13. The topological polar surface area (TPSA) is 80.9 Å². The Kier molecular flexibility index (Phi) is 6.89. The van der Waals surface area contributed by atoms with Crippen molar-refractivity contribution in [2.24, 2.45) is 0 Å². The molecular weight excluding hydrogens is 444 g/mol. The van der Waals surface area contributed by atoms with E-state index in [9.17, 15) is 4.79 Å². The Morgan fingerprint density at radius 1 is 1.26 bits per heavy atom. The van der Waals surface area contributed by atoms with Crippen LogP contribution in [-0.2, 0) is 11.3 Å². The Bertz CT molecular complexity index is 1180. The fourth-order valence-corrected chi connectivity index (χ4v) is 6.28. The van der Waals surface area contributed by atoms with Crippen molar-refractivity contribution < 1.29 is 4.79 Å². The number of thiophene rings is 1. The summed E-state index contributed by atoms with van der Waals surface area (Å²) in [6, 6.07) is 10.3. The molecule has 3 heterocycles. The summed E-state index contributed by atoms with van der Waals surface area (Å²) in [7, 11) is 0. The number of carbonyl (C=O) groups excluding carboxylic acids is 1. The van der Waals surface area contributed by atoms with Gasteiger partial charge < -0.3 is 11.1 Å². The molecule has 0 atom stereocenters. The van der Waals surface area contributed by atoms with E-state index in [1.54, 1.807) is 28.9 Å². The maximum atomic E-state index is 11.2. The van der Waals surface area contributed by atoms with Crippen molar-refractivity contribution in [2.75, 3.05) is 11.5 Å². The molecule has 8 heteroatoms. The Labute approximate surface area is 194 Å². The van der Waals surface area contributed by atoms with Gasteiger partial charge in [-0.1, -0.05) is 37.6 Å². The Hall–Kier alpha value is -2.42. The summed E-state index contributed by atoms with van der Waals surface area (Å²) in [5.74, 6) is 1.02. The van der Waals surface area contributed by atoms with Crippen LogP contribution in [0.15, 0.2) is 46.1 Å². The molecule has 1 amide bonds. The fraction of sp³-hybridized carbons (Fsp3) is 0.261. The van der Waals surface area contributed by atoms with Gasteiger partial charge in [0.15, 0.2) is 0 Å². The number of hydrogen-bond donors (Lipinski definition) is 2. The first-order valence-corrected chi connectivity index (χ1v) is 12.8. The van der Waals surface area contributed by atoms with E-state index >= 15 is 0 Å². The zero-order valence-corrected chi connectivity index (χ0v) is 19.9.